The van der Waals surface area contributed by atoms with Gasteiger partial charge in [-0.2, -0.15) is 10.1 Å². The van der Waals surface area contributed by atoms with Crippen LogP contribution < -0.4 is 5.56 Å². The Bertz CT molecular complexity index is 1570. The minimum atomic E-state index is -0.651. The van der Waals surface area contributed by atoms with Gasteiger partial charge in [0.1, 0.15) is 11.5 Å². The fourth-order valence-electron chi connectivity index (χ4n) is 5.57. The topological polar surface area (TPSA) is 93.2 Å². The molecule has 2 aromatic heterocycles. The van der Waals surface area contributed by atoms with Crippen LogP contribution in [0.15, 0.2) is 71.0 Å². The van der Waals surface area contributed by atoms with Gasteiger partial charge in [-0.1, -0.05) is 50.3 Å². The number of carbonyl (C=O) groups excluding carboxylic acids is 1. The highest BCUT2D eigenvalue weighted by atomic mass is 19.1. The summed E-state index contributed by atoms with van der Waals surface area (Å²) in [4.78, 5) is 34.0. The summed E-state index contributed by atoms with van der Waals surface area (Å²) in [5, 5.41) is 15.6. The average molecular weight is 544 g/mol. The van der Waals surface area contributed by atoms with Crippen molar-refractivity contribution in [3.63, 3.8) is 0 Å². The van der Waals surface area contributed by atoms with E-state index >= 15 is 0 Å². The Morgan fingerprint density at radius 2 is 1.90 bits per heavy atom. The van der Waals surface area contributed by atoms with Crippen LogP contribution in [0.1, 0.15) is 55.1 Å². The molecule has 1 fully saturated rings. The van der Waals surface area contributed by atoms with E-state index in [1.54, 1.807) is 23.0 Å². The van der Waals surface area contributed by atoms with E-state index in [4.69, 9.17) is 0 Å². The Labute approximate surface area is 232 Å². The number of likely N-dealkylation sites (tertiary alicyclic amines) is 1. The zero-order chi connectivity index (χ0) is 28.4. The summed E-state index contributed by atoms with van der Waals surface area (Å²) in [5.74, 6) is -1.57. The van der Waals surface area contributed by atoms with Gasteiger partial charge < -0.3 is 10.0 Å². The molecule has 1 unspecified atom stereocenters. The third-order valence-electron chi connectivity index (χ3n) is 7.70. The van der Waals surface area contributed by atoms with Gasteiger partial charge in [0.25, 0.3) is 11.5 Å². The normalized spacial score (nSPS) is 17.1. The van der Waals surface area contributed by atoms with E-state index < -0.39 is 17.3 Å². The summed E-state index contributed by atoms with van der Waals surface area (Å²) < 4.78 is 17.8. The number of nitrogens with zero attached hydrogens (tertiary/aromatic N) is 5. The molecule has 0 radical (unpaired) electrons. The van der Waals surface area contributed by atoms with Crippen LogP contribution in [-0.4, -0.2) is 48.3 Å². The largest absolute Gasteiger partial charge is 0.493 e. The second-order valence-corrected chi connectivity index (χ2v) is 10.0. The number of halogens is 1. The number of allylic oxidation sites excluding steroid dienone is 5. The lowest BCUT2D eigenvalue weighted by Crippen LogP contribution is -2.37. The van der Waals surface area contributed by atoms with E-state index in [1.807, 2.05) is 51.1 Å². The molecule has 0 spiro atoms. The molecule has 1 aliphatic heterocycles. The van der Waals surface area contributed by atoms with Crippen LogP contribution in [0.4, 0.5) is 4.39 Å². The van der Waals surface area contributed by atoms with Gasteiger partial charge in [-0.25, -0.2) is 4.39 Å². The SMILES string of the molecule is CCc1cccc(CC)c1-n1c(-c2ccn(CC)n2)nc(O)c(C(=O)N2CCC(C3=CCC=CC=C3F)C2)c1=O. The molecule has 8 nitrogen and oxygen atoms in total. The number of aryl methyl sites for hydroxylation is 3. The average Bonchev–Trinajstić information content (AvgIpc) is 3.60. The highest BCUT2D eigenvalue weighted by Crippen LogP contribution is 2.33. The van der Waals surface area contributed by atoms with Crippen molar-refractivity contribution in [1.29, 1.82) is 0 Å². The Morgan fingerprint density at radius 1 is 1.15 bits per heavy atom. The number of hydrogen-bond acceptors (Lipinski definition) is 5. The smallest absolute Gasteiger partial charge is 0.275 e. The molecule has 0 saturated carbocycles. The van der Waals surface area contributed by atoms with Crippen molar-refractivity contribution in [3.8, 4) is 23.1 Å². The lowest BCUT2D eigenvalue weighted by atomic mass is 9.96. The molecule has 3 heterocycles. The van der Waals surface area contributed by atoms with Gasteiger partial charge in [0.2, 0.25) is 5.88 Å². The highest BCUT2D eigenvalue weighted by molar-refractivity contribution is 5.96. The standard InChI is InChI=1S/C31H34FN5O3/c1-4-20-11-10-12-21(5-2)27(20)37-28(25-16-18-36(6-3)34-25)33-29(38)26(31(37)40)30(39)35-17-15-22(19-35)23-13-8-7-9-14-24(23)32/h7,9-14,16,18,22,38H,4-6,8,15,17,19H2,1-3H3. The summed E-state index contributed by atoms with van der Waals surface area (Å²) in [6.07, 6.45) is 11.1. The molecule has 9 heteroatoms. The number of aromatic nitrogens is 4. The van der Waals surface area contributed by atoms with Crippen LogP contribution in [0.2, 0.25) is 0 Å². The Morgan fingerprint density at radius 3 is 2.58 bits per heavy atom. The predicted molar refractivity (Wildman–Crippen MR) is 152 cm³/mol. The van der Waals surface area contributed by atoms with Gasteiger partial charge in [0, 0.05) is 31.7 Å². The monoisotopic (exact) mass is 543 g/mol. The number of para-hydroxylation sites is 1. The molecule has 2 aliphatic rings. The van der Waals surface area contributed by atoms with E-state index in [9.17, 15) is 19.1 Å². The first kappa shape index (κ1) is 27.3. The lowest BCUT2D eigenvalue weighted by Gasteiger charge is -2.21. The molecule has 1 N–H and O–H groups in total. The summed E-state index contributed by atoms with van der Waals surface area (Å²) in [6.45, 7) is 7.17. The molecule has 5 rings (SSSR count). The van der Waals surface area contributed by atoms with Gasteiger partial charge in [0.05, 0.1) is 5.69 Å². The molecule has 208 valence electrons. The summed E-state index contributed by atoms with van der Waals surface area (Å²) >= 11 is 0. The second kappa shape index (κ2) is 11.5. The number of amides is 1. The number of rotatable bonds is 7. The first-order valence-corrected chi connectivity index (χ1v) is 13.9. The maximum Gasteiger partial charge on any atom is 0.275 e. The van der Waals surface area contributed by atoms with Gasteiger partial charge in [-0.15, -0.1) is 0 Å². The third-order valence-corrected chi connectivity index (χ3v) is 7.70. The molecular formula is C31H34FN5O3. The van der Waals surface area contributed by atoms with E-state index in [-0.39, 0.29) is 29.7 Å². The van der Waals surface area contributed by atoms with Crippen molar-refractivity contribution < 1.29 is 14.3 Å². The fourth-order valence-corrected chi connectivity index (χ4v) is 5.57. The van der Waals surface area contributed by atoms with Crippen molar-refractivity contribution in [1.82, 2.24) is 24.2 Å². The van der Waals surface area contributed by atoms with Crippen molar-refractivity contribution in [2.45, 2.75) is 53.0 Å². The second-order valence-electron chi connectivity index (χ2n) is 10.0. The quantitative estimate of drug-likeness (QED) is 0.445. The van der Waals surface area contributed by atoms with Gasteiger partial charge >= 0.3 is 0 Å². The first-order chi connectivity index (χ1) is 19.4. The van der Waals surface area contributed by atoms with Crippen LogP contribution in [0.5, 0.6) is 5.88 Å². The van der Waals surface area contributed by atoms with Crippen molar-refractivity contribution in [2.75, 3.05) is 13.1 Å². The lowest BCUT2D eigenvalue weighted by molar-refractivity contribution is 0.0782. The molecule has 1 amide bonds. The highest BCUT2D eigenvalue weighted by Gasteiger charge is 2.35. The first-order valence-electron chi connectivity index (χ1n) is 13.9. The van der Waals surface area contributed by atoms with Crippen molar-refractivity contribution in [3.05, 3.63) is 93.2 Å². The molecule has 0 bridgehead atoms. The molecule has 3 aromatic rings. The van der Waals surface area contributed by atoms with E-state index in [1.165, 1.54) is 15.5 Å². The summed E-state index contributed by atoms with van der Waals surface area (Å²) in [6, 6.07) is 7.59. The van der Waals surface area contributed by atoms with Gasteiger partial charge in [-0.05, 0) is 61.4 Å². The van der Waals surface area contributed by atoms with Crippen LogP contribution in [0.25, 0.3) is 17.2 Å². The molecule has 40 heavy (non-hydrogen) atoms. The maximum absolute atomic E-state index is 14.7. The minimum Gasteiger partial charge on any atom is -0.493 e. The molecule has 1 aliphatic carbocycles. The van der Waals surface area contributed by atoms with Crippen LogP contribution in [0, 0.1) is 5.92 Å². The fraction of sp³-hybridized carbons (Fsp3) is 0.355. The predicted octanol–water partition coefficient (Wildman–Crippen LogP) is 5.15. The summed E-state index contributed by atoms with van der Waals surface area (Å²) in [5.41, 5.74) is 2.44. The third kappa shape index (κ3) is 4.92. The molecule has 1 aromatic carbocycles. The molecular weight excluding hydrogens is 509 g/mol. The molecule has 1 atom stereocenters. The number of aromatic hydroxyl groups is 1. The Kier molecular flexibility index (Phi) is 7.82. The summed E-state index contributed by atoms with van der Waals surface area (Å²) in [7, 11) is 0. The van der Waals surface area contributed by atoms with Crippen LogP contribution >= 0.6 is 0 Å². The minimum absolute atomic E-state index is 0.171. The van der Waals surface area contributed by atoms with Gasteiger partial charge in [0.15, 0.2) is 11.4 Å². The van der Waals surface area contributed by atoms with Crippen molar-refractivity contribution in [2.24, 2.45) is 5.92 Å². The van der Waals surface area contributed by atoms with Crippen LogP contribution in [0.3, 0.4) is 0 Å². The Hall–Kier alpha value is -4.27. The zero-order valence-corrected chi connectivity index (χ0v) is 23.1. The van der Waals surface area contributed by atoms with Crippen molar-refractivity contribution >= 4 is 5.91 Å². The number of carbonyl (C=O) groups is 1. The van der Waals surface area contributed by atoms with E-state index in [0.717, 1.165) is 11.1 Å². The number of hydrogen-bond donors (Lipinski definition) is 1. The Balaban J connectivity index is 1.63. The van der Waals surface area contributed by atoms with Crippen LogP contribution in [-0.2, 0) is 19.4 Å². The maximum atomic E-state index is 14.7. The number of benzene rings is 1. The van der Waals surface area contributed by atoms with Gasteiger partial charge in [-0.3, -0.25) is 18.8 Å². The molecule has 1 saturated heterocycles. The van der Waals surface area contributed by atoms with E-state index in [2.05, 4.69) is 10.1 Å². The zero-order valence-electron chi connectivity index (χ0n) is 23.1. The van der Waals surface area contributed by atoms with E-state index in [0.29, 0.717) is 55.7 Å².